The largest absolute Gasteiger partial charge is 0.377 e. The van der Waals surface area contributed by atoms with Gasteiger partial charge in [-0.3, -0.25) is 4.90 Å². The first-order valence-electron chi connectivity index (χ1n) is 5.92. The van der Waals surface area contributed by atoms with Crippen LogP contribution in [0.15, 0.2) is 0 Å². The molecule has 2 aliphatic heterocycles. The van der Waals surface area contributed by atoms with Gasteiger partial charge in [0.2, 0.25) is 0 Å². The van der Waals surface area contributed by atoms with Crippen molar-refractivity contribution < 1.29 is 4.74 Å². The second-order valence-electron chi connectivity index (χ2n) is 4.60. The van der Waals surface area contributed by atoms with Crippen LogP contribution in [0, 0.1) is 0 Å². The van der Waals surface area contributed by atoms with Gasteiger partial charge in [0.25, 0.3) is 0 Å². The second-order valence-corrected chi connectivity index (χ2v) is 4.60. The van der Waals surface area contributed by atoms with Gasteiger partial charge in [-0.1, -0.05) is 0 Å². The molecule has 0 radical (unpaired) electrons. The van der Waals surface area contributed by atoms with Crippen LogP contribution >= 0.6 is 0 Å². The average molecular weight is 198 g/mol. The maximum Gasteiger partial charge on any atom is 0.0702 e. The minimum atomic E-state index is 0.508. The normalized spacial score (nSPS) is 35.8. The molecule has 82 valence electrons. The fourth-order valence-electron chi connectivity index (χ4n) is 2.42. The predicted molar refractivity (Wildman–Crippen MR) is 57.5 cm³/mol. The summed E-state index contributed by atoms with van der Waals surface area (Å²) < 4.78 is 5.75. The van der Waals surface area contributed by atoms with E-state index in [4.69, 9.17) is 4.74 Å². The summed E-state index contributed by atoms with van der Waals surface area (Å²) in [5.74, 6) is 0. The highest BCUT2D eigenvalue weighted by Gasteiger charge is 2.21. The van der Waals surface area contributed by atoms with Gasteiger partial charge in [0, 0.05) is 38.8 Å². The monoisotopic (exact) mass is 198 g/mol. The maximum atomic E-state index is 5.75. The predicted octanol–water partition coefficient (Wildman–Crippen LogP) is 0.849. The lowest BCUT2D eigenvalue weighted by atomic mass is 10.1. The minimum Gasteiger partial charge on any atom is -0.377 e. The van der Waals surface area contributed by atoms with Gasteiger partial charge in [-0.15, -0.1) is 0 Å². The number of rotatable bonds is 2. The topological polar surface area (TPSA) is 24.5 Å². The summed E-state index contributed by atoms with van der Waals surface area (Å²) in [6, 6.07) is 0.646. The van der Waals surface area contributed by atoms with Crippen molar-refractivity contribution >= 4 is 0 Å². The van der Waals surface area contributed by atoms with Gasteiger partial charge < -0.3 is 10.1 Å². The van der Waals surface area contributed by atoms with E-state index in [1.165, 1.54) is 32.4 Å². The standard InChI is InChI=1S/C11H22N2O/c1-10-8-13(6-5-12-10)9-11-4-2-3-7-14-11/h10-12H,2-9H2,1H3/t10-,11?/m1/s1. The maximum absolute atomic E-state index is 5.75. The molecule has 2 atom stereocenters. The Hall–Kier alpha value is -0.120. The fourth-order valence-corrected chi connectivity index (χ4v) is 2.42. The van der Waals surface area contributed by atoms with Crippen molar-refractivity contribution in [3.63, 3.8) is 0 Å². The van der Waals surface area contributed by atoms with Crippen molar-refractivity contribution in [1.29, 1.82) is 0 Å². The highest BCUT2D eigenvalue weighted by Crippen LogP contribution is 2.14. The third kappa shape index (κ3) is 2.94. The number of hydrogen-bond donors (Lipinski definition) is 1. The first-order valence-corrected chi connectivity index (χ1v) is 5.92. The Morgan fingerprint density at radius 1 is 1.43 bits per heavy atom. The van der Waals surface area contributed by atoms with Gasteiger partial charge in [0.1, 0.15) is 0 Å². The summed E-state index contributed by atoms with van der Waals surface area (Å²) in [7, 11) is 0. The third-order valence-electron chi connectivity index (χ3n) is 3.19. The van der Waals surface area contributed by atoms with E-state index < -0.39 is 0 Å². The molecule has 3 heteroatoms. The molecule has 2 rings (SSSR count). The molecule has 0 aromatic rings. The molecule has 3 nitrogen and oxygen atoms in total. The first-order chi connectivity index (χ1) is 6.84. The van der Waals surface area contributed by atoms with E-state index in [0.717, 1.165) is 19.7 Å². The Bertz CT molecular complexity index is 169. The molecule has 0 aliphatic carbocycles. The van der Waals surface area contributed by atoms with Crippen LogP contribution in [0.3, 0.4) is 0 Å². The van der Waals surface area contributed by atoms with E-state index >= 15 is 0 Å². The smallest absolute Gasteiger partial charge is 0.0702 e. The number of hydrogen-bond acceptors (Lipinski definition) is 3. The Morgan fingerprint density at radius 2 is 2.36 bits per heavy atom. The van der Waals surface area contributed by atoms with Gasteiger partial charge >= 0.3 is 0 Å². The van der Waals surface area contributed by atoms with Crippen molar-refractivity contribution in [3.8, 4) is 0 Å². The summed E-state index contributed by atoms with van der Waals surface area (Å²) >= 11 is 0. The lowest BCUT2D eigenvalue weighted by Gasteiger charge is -2.35. The Balaban J connectivity index is 1.72. The molecule has 2 saturated heterocycles. The highest BCUT2D eigenvalue weighted by atomic mass is 16.5. The van der Waals surface area contributed by atoms with Crippen molar-refractivity contribution in [2.75, 3.05) is 32.8 Å². The molecule has 0 spiro atoms. The molecule has 0 amide bonds. The van der Waals surface area contributed by atoms with Crippen molar-refractivity contribution in [2.24, 2.45) is 0 Å². The van der Waals surface area contributed by atoms with E-state index in [0.29, 0.717) is 12.1 Å². The number of ether oxygens (including phenoxy) is 1. The summed E-state index contributed by atoms with van der Waals surface area (Å²) in [6.45, 7) is 7.88. The summed E-state index contributed by atoms with van der Waals surface area (Å²) in [4.78, 5) is 2.54. The molecular weight excluding hydrogens is 176 g/mol. The molecular formula is C11H22N2O. The zero-order chi connectivity index (χ0) is 9.80. The van der Waals surface area contributed by atoms with E-state index in [-0.39, 0.29) is 0 Å². The molecule has 2 heterocycles. The van der Waals surface area contributed by atoms with Crippen molar-refractivity contribution in [3.05, 3.63) is 0 Å². The quantitative estimate of drug-likeness (QED) is 0.712. The Labute approximate surface area is 86.8 Å². The van der Waals surface area contributed by atoms with Gasteiger partial charge in [-0.25, -0.2) is 0 Å². The van der Waals surface area contributed by atoms with E-state index in [1.54, 1.807) is 0 Å². The second kappa shape index (κ2) is 5.10. The molecule has 1 unspecified atom stereocenters. The van der Waals surface area contributed by atoms with Crippen molar-refractivity contribution in [1.82, 2.24) is 10.2 Å². The lowest BCUT2D eigenvalue weighted by Crippen LogP contribution is -2.51. The van der Waals surface area contributed by atoms with Gasteiger partial charge in [0.05, 0.1) is 6.10 Å². The molecule has 0 saturated carbocycles. The van der Waals surface area contributed by atoms with Crippen LogP contribution in [0.2, 0.25) is 0 Å². The van der Waals surface area contributed by atoms with Gasteiger partial charge in [-0.2, -0.15) is 0 Å². The lowest BCUT2D eigenvalue weighted by molar-refractivity contribution is -0.00964. The summed E-state index contributed by atoms with van der Waals surface area (Å²) in [5.41, 5.74) is 0. The third-order valence-corrected chi connectivity index (χ3v) is 3.19. The molecule has 0 aromatic heterocycles. The SMILES string of the molecule is C[C@@H]1CN(CC2CCCCO2)CCN1. The molecule has 0 aromatic carbocycles. The Morgan fingerprint density at radius 3 is 3.07 bits per heavy atom. The van der Waals surface area contributed by atoms with Crippen LogP contribution in [0.1, 0.15) is 26.2 Å². The summed E-state index contributed by atoms with van der Waals surface area (Å²) in [5, 5.41) is 3.47. The number of piperazine rings is 1. The van der Waals surface area contributed by atoms with E-state index in [1.807, 2.05) is 0 Å². The zero-order valence-electron chi connectivity index (χ0n) is 9.17. The zero-order valence-corrected chi connectivity index (χ0v) is 9.17. The average Bonchev–Trinajstić information content (AvgIpc) is 2.19. The molecule has 2 fully saturated rings. The molecule has 14 heavy (non-hydrogen) atoms. The van der Waals surface area contributed by atoms with E-state index in [9.17, 15) is 0 Å². The van der Waals surface area contributed by atoms with Crippen LogP contribution < -0.4 is 5.32 Å². The van der Waals surface area contributed by atoms with Gasteiger partial charge in [0.15, 0.2) is 0 Å². The number of nitrogens with zero attached hydrogens (tertiary/aromatic N) is 1. The van der Waals surface area contributed by atoms with Crippen LogP contribution in [0.25, 0.3) is 0 Å². The Kier molecular flexibility index (Phi) is 3.79. The minimum absolute atomic E-state index is 0.508. The van der Waals surface area contributed by atoms with Gasteiger partial charge in [-0.05, 0) is 26.2 Å². The fraction of sp³-hybridized carbons (Fsp3) is 1.00. The first kappa shape index (κ1) is 10.4. The molecule has 1 N–H and O–H groups in total. The van der Waals surface area contributed by atoms with E-state index in [2.05, 4.69) is 17.1 Å². The highest BCUT2D eigenvalue weighted by molar-refractivity contribution is 4.78. The number of nitrogens with one attached hydrogen (secondary N) is 1. The van der Waals surface area contributed by atoms with Crippen LogP contribution in [0.4, 0.5) is 0 Å². The molecule has 2 aliphatic rings. The summed E-state index contributed by atoms with van der Waals surface area (Å²) in [6.07, 6.45) is 4.38. The molecule has 0 bridgehead atoms. The van der Waals surface area contributed by atoms with Crippen molar-refractivity contribution in [2.45, 2.75) is 38.3 Å². The van der Waals surface area contributed by atoms with Crippen LogP contribution in [-0.4, -0.2) is 49.8 Å². The van der Waals surface area contributed by atoms with Crippen LogP contribution in [0.5, 0.6) is 0 Å². The van der Waals surface area contributed by atoms with Crippen LogP contribution in [-0.2, 0) is 4.74 Å².